The topological polar surface area (TPSA) is 59.1 Å². The molecule has 0 bridgehead atoms. The van der Waals surface area contributed by atoms with Crippen molar-refractivity contribution in [1.29, 1.82) is 0 Å². The Balaban J connectivity index is 2.02. The van der Waals surface area contributed by atoms with Gasteiger partial charge in [-0.1, -0.05) is 6.92 Å². The van der Waals surface area contributed by atoms with Gasteiger partial charge >= 0.3 is 12.7 Å². The number of ether oxygens (including phenoxy) is 2. The third-order valence-electron chi connectivity index (χ3n) is 5.41. The molecule has 6 nitrogen and oxygen atoms in total. The number of alkyl halides is 2. The molecular weight excluding hydrogens is 406 g/mol. The summed E-state index contributed by atoms with van der Waals surface area (Å²) in [6.07, 6.45) is 0.176. The molecule has 2 aromatic carbocycles. The number of carbonyl (C=O) groups is 2. The van der Waals surface area contributed by atoms with Crippen LogP contribution in [0.3, 0.4) is 0 Å². The SMILES string of the molecule is CCOC(=O)N1c2cc(C)c(C)cc2N(C(=O)c2ccc(OC(F)F)cc2)CC1CC. The summed E-state index contributed by atoms with van der Waals surface area (Å²) in [5, 5.41) is 0. The molecule has 1 aliphatic rings. The van der Waals surface area contributed by atoms with Crippen LogP contribution in [-0.2, 0) is 4.74 Å². The van der Waals surface area contributed by atoms with Gasteiger partial charge in [-0.2, -0.15) is 8.78 Å². The van der Waals surface area contributed by atoms with Crippen LogP contribution in [0.1, 0.15) is 41.8 Å². The lowest BCUT2D eigenvalue weighted by Crippen LogP contribution is -2.53. The number of amides is 2. The summed E-state index contributed by atoms with van der Waals surface area (Å²) in [6, 6.07) is 9.11. The van der Waals surface area contributed by atoms with Gasteiger partial charge in [0.1, 0.15) is 5.75 Å². The van der Waals surface area contributed by atoms with Crippen molar-refractivity contribution in [1.82, 2.24) is 0 Å². The maximum Gasteiger partial charge on any atom is 0.414 e. The quantitative estimate of drug-likeness (QED) is 0.643. The number of anilines is 2. The molecule has 0 radical (unpaired) electrons. The number of benzene rings is 2. The van der Waals surface area contributed by atoms with Gasteiger partial charge in [-0.15, -0.1) is 0 Å². The fourth-order valence-corrected chi connectivity index (χ4v) is 3.66. The summed E-state index contributed by atoms with van der Waals surface area (Å²) < 4.78 is 34.4. The van der Waals surface area contributed by atoms with Gasteiger partial charge in [-0.3, -0.25) is 9.69 Å². The predicted octanol–water partition coefficient (Wildman–Crippen LogP) is 5.31. The van der Waals surface area contributed by atoms with Gasteiger partial charge in [0.25, 0.3) is 5.91 Å². The van der Waals surface area contributed by atoms with Gasteiger partial charge in [0.2, 0.25) is 0 Å². The lowest BCUT2D eigenvalue weighted by molar-refractivity contribution is -0.0498. The van der Waals surface area contributed by atoms with Crippen molar-refractivity contribution < 1.29 is 27.8 Å². The number of aryl methyl sites for hydroxylation is 2. The lowest BCUT2D eigenvalue weighted by Gasteiger charge is -2.42. The second-order valence-corrected chi connectivity index (χ2v) is 7.37. The summed E-state index contributed by atoms with van der Waals surface area (Å²) in [5.74, 6) is -0.299. The molecule has 0 saturated heterocycles. The first-order valence-corrected chi connectivity index (χ1v) is 10.2. The molecule has 0 saturated carbocycles. The molecule has 1 heterocycles. The monoisotopic (exact) mass is 432 g/mol. The van der Waals surface area contributed by atoms with Gasteiger partial charge in [0.05, 0.1) is 24.0 Å². The third-order valence-corrected chi connectivity index (χ3v) is 5.41. The van der Waals surface area contributed by atoms with Crippen LogP contribution in [0.5, 0.6) is 5.75 Å². The van der Waals surface area contributed by atoms with Gasteiger partial charge in [-0.05, 0) is 74.7 Å². The van der Waals surface area contributed by atoms with Crippen molar-refractivity contribution >= 4 is 23.4 Å². The van der Waals surface area contributed by atoms with Crippen molar-refractivity contribution in [3.05, 3.63) is 53.1 Å². The molecule has 8 heteroatoms. The van der Waals surface area contributed by atoms with Crippen molar-refractivity contribution in [2.45, 2.75) is 46.8 Å². The molecule has 0 N–H and O–H groups in total. The molecule has 1 unspecified atom stereocenters. The van der Waals surface area contributed by atoms with E-state index in [0.717, 1.165) is 11.1 Å². The van der Waals surface area contributed by atoms with E-state index in [0.29, 0.717) is 29.9 Å². The van der Waals surface area contributed by atoms with Crippen molar-refractivity contribution in [3.8, 4) is 5.75 Å². The van der Waals surface area contributed by atoms with E-state index >= 15 is 0 Å². The van der Waals surface area contributed by atoms with Crippen LogP contribution in [0, 0.1) is 13.8 Å². The Hall–Kier alpha value is -3.16. The highest BCUT2D eigenvalue weighted by molar-refractivity contribution is 6.10. The Morgan fingerprint density at radius 3 is 2.23 bits per heavy atom. The molecule has 3 rings (SSSR count). The summed E-state index contributed by atoms with van der Waals surface area (Å²) >= 11 is 0. The van der Waals surface area contributed by atoms with Crippen LogP contribution in [0.4, 0.5) is 25.0 Å². The summed E-state index contributed by atoms with van der Waals surface area (Å²) in [5.41, 5.74) is 3.54. The van der Waals surface area contributed by atoms with Gasteiger partial charge in [0, 0.05) is 12.1 Å². The highest BCUT2D eigenvalue weighted by Crippen LogP contribution is 2.39. The zero-order valence-electron chi connectivity index (χ0n) is 18.0. The number of rotatable bonds is 5. The fraction of sp³-hybridized carbons (Fsp3) is 0.391. The molecule has 0 fully saturated rings. The van der Waals surface area contributed by atoms with E-state index in [1.807, 2.05) is 32.9 Å². The van der Waals surface area contributed by atoms with Crippen molar-refractivity contribution in [2.24, 2.45) is 0 Å². The standard InChI is InChI=1S/C23H26F2N2O4/c1-5-17-13-26(21(28)16-7-9-18(10-8-16)31-22(24)25)19-11-14(3)15(4)12-20(19)27(17)23(29)30-6-2/h7-12,17,22H,5-6,13H2,1-4H3. The lowest BCUT2D eigenvalue weighted by atomic mass is 9.99. The number of fused-ring (bicyclic) bond motifs is 1. The minimum absolute atomic E-state index is 0.0167. The highest BCUT2D eigenvalue weighted by atomic mass is 19.3. The van der Waals surface area contributed by atoms with Crippen LogP contribution in [-0.4, -0.2) is 37.8 Å². The van der Waals surface area contributed by atoms with Crippen molar-refractivity contribution in [2.75, 3.05) is 23.0 Å². The zero-order valence-corrected chi connectivity index (χ0v) is 18.0. The van der Waals surface area contributed by atoms with Gasteiger partial charge in [0.15, 0.2) is 0 Å². The number of nitrogens with zero attached hydrogens (tertiary/aromatic N) is 2. The van der Waals surface area contributed by atoms with E-state index in [1.165, 1.54) is 24.3 Å². The normalized spacial score (nSPS) is 15.6. The zero-order chi connectivity index (χ0) is 22.7. The first-order valence-electron chi connectivity index (χ1n) is 10.2. The van der Waals surface area contributed by atoms with Gasteiger partial charge in [-0.25, -0.2) is 4.79 Å². The average molecular weight is 432 g/mol. The van der Waals surface area contributed by atoms with Crippen LogP contribution in [0.15, 0.2) is 36.4 Å². The van der Waals surface area contributed by atoms with Crippen LogP contribution >= 0.6 is 0 Å². The second kappa shape index (κ2) is 9.32. The smallest absolute Gasteiger partial charge is 0.414 e. The molecule has 2 aromatic rings. The number of halogens is 2. The molecule has 1 aliphatic heterocycles. The average Bonchev–Trinajstić information content (AvgIpc) is 2.73. The predicted molar refractivity (Wildman–Crippen MR) is 114 cm³/mol. The fourth-order valence-electron chi connectivity index (χ4n) is 3.66. The maximum atomic E-state index is 13.4. The molecule has 1 atom stereocenters. The Morgan fingerprint density at radius 2 is 1.68 bits per heavy atom. The van der Waals surface area contributed by atoms with Crippen LogP contribution in [0.25, 0.3) is 0 Å². The van der Waals surface area contributed by atoms with Gasteiger partial charge < -0.3 is 14.4 Å². The molecule has 2 amide bonds. The van der Waals surface area contributed by atoms with Crippen LogP contribution in [0.2, 0.25) is 0 Å². The van der Waals surface area contributed by atoms with E-state index in [4.69, 9.17) is 4.74 Å². The van der Waals surface area contributed by atoms with Crippen LogP contribution < -0.4 is 14.5 Å². The minimum atomic E-state index is -2.93. The molecular formula is C23H26F2N2O4. The molecule has 166 valence electrons. The van der Waals surface area contributed by atoms with E-state index in [1.54, 1.807) is 16.7 Å². The number of carbonyl (C=O) groups excluding carboxylic acids is 2. The third kappa shape index (κ3) is 4.62. The van der Waals surface area contributed by atoms with E-state index < -0.39 is 12.7 Å². The minimum Gasteiger partial charge on any atom is -0.449 e. The summed E-state index contributed by atoms with van der Waals surface area (Å²) in [4.78, 5) is 29.3. The Bertz CT molecular complexity index is 963. The Morgan fingerprint density at radius 1 is 1.06 bits per heavy atom. The molecule has 0 aliphatic carbocycles. The van der Waals surface area contributed by atoms with E-state index in [9.17, 15) is 18.4 Å². The molecule has 31 heavy (non-hydrogen) atoms. The van der Waals surface area contributed by atoms with E-state index in [2.05, 4.69) is 4.74 Å². The first-order chi connectivity index (χ1) is 14.8. The van der Waals surface area contributed by atoms with Crippen molar-refractivity contribution in [3.63, 3.8) is 0 Å². The number of hydrogen-bond acceptors (Lipinski definition) is 4. The molecule has 0 spiro atoms. The molecule has 0 aromatic heterocycles. The summed E-state index contributed by atoms with van der Waals surface area (Å²) in [7, 11) is 0. The summed E-state index contributed by atoms with van der Waals surface area (Å²) in [6.45, 7) is 5.20. The second-order valence-electron chi connectivity index (χ2n) is 7.37. The largest absolute Gasteiger partial charge is 0.449 e. The number of hydrogen-bond donors (Lipinski definition) is 0. The maximum absolute atomic E-state index is 13.4. The Kier molecular flexibility index (Phi) is 6.77. The first kappa shape index (κ1) is 22.5. The Labute approximate surface area is 180 Å². The highest BCUT2D eigenvalue weighted by Gasteiger charge is 2.37. The van der Waals surface area contributed by atoms with E-state index in [-0.39, 0.29) is 24.3 Å².